The number of nitro benzene ring substituents is 1. The molecule has 1 aromatic heterocycles. The van der Waals surface area contributed by atoms with Crippen molar-refractivity contribution in [3.63, 3.8) is 0 Å². The number of nitrogens with zero attached hydrogens (tertiary/aromatic N) is 3. The topological polar surface area (TPSA) is 101 Å². The molecule has 0 radical (unpaired) electrons. The molecule has 8 nitrogen and oxygen atoms in total. The summed E-state index contributed by atoms with van der Waals surface area (Å²) >= 11 is 7.25. The third-order valence-corrected chi connectivity index (χ3v) is 5.38. The fraction of sp³-hybridized carbons (Fsp3) is 0.235. The van der Waals surface area contributed by atoms with Gasteiger partial charge in [-0.05, 0) is 25.1 Å². The number of non-ortho nitro benzene ring substituents is 1. The number of hydrogen-bond donors (Lipinski definition) is 0. The number of carbonyl (C=O) groups excluding carboxylic acids is 3. The first-order valence-corrected chi connectivity index (χ1v) is 9.18. The Morgan fingerprint density at radius 2 is 1.93 bits per heavy atom. The van der Waals surface area contributed by atoms with E-state index < -0.39 is 29.2 Å². The minimum absolute atomic E-state index is 0.0601. The number of carbonyl (C=O) groups is 3. The Labute approximate surface area is 163 Å². The first kappa shape index (κ1) is 19.0. The number of hydrogen-bond acceptors (Lipinski definition) is 6. The fourth-order valence-corrected chi connectivity index (χ4v) is 3.88. The molecule has 0 spiro atoms. The van der Waals surface area contributed by atoms with Crippen molar-refractivity contribution in [2.45, 2.75) is 13.5 Å². The zero-order chi connectivity index (χ0) is 19.7. The van der Waals surface area contributed by atoms with E-state index in [9.17, 15) is 24.5 Å². The molecule has 27 heavy (non-hydrogen) atoms. The maximum Gasteiger partial charge on any atom is 0.270 e. The van der Waals surface area contributed by atoms with Crippen LogP contribution in [0.4, 0.5) is 5.69 Å². The largest absolute Gasteiger partial charge is 0.336 e. The Kier molecular flexibility index (Phi) is 5.24. The number of nitro groups is 1. The van der Waals surface area contributed by atoms with Gasteiger partial charge in [0.1, 0.15) is 6.54 Å². The van der Waals surface area contributed by atoms with Crippen molar-refractivity contribution in [2.24, 2.45) is 0 Å². The van der Waals surface area contributed by atoms with Gasteiger partial charge in [0.25, 0.3) is 17.5 Å². The molecular weight excluding hydrogens is 394 g/mol. The van der Waals surface area contributed by atoms with E-state index in [1.165, 1.54) is 22.3 Å². The van der Waals surface area contributed by atoms with E-state index in [-0.39, 0.29) is 16.8 Å². The summed E-state index contributed by atoms with van der Waals surface area (Å²) in [6, 6.07) is 7.00. The van der Waals surface area contributed by atoms with Crippen LogP contribution in [-0.4, -0.2) is 45.5 Å². The van der Waals surface area contributed by atoms with Gasteiger partial charge in [-0.15, -0.1) is 11.3 Å². The molecule has 0 aliphatic carbocycles. The fourth-order valence-electron chi connectivity index (χ4n) is 2.77. The van der Waals surface area contributed by atoms with Crippen molar-refractivity contribution in [1.29, 1.82) is 0 Å². The Balaban J connectivity index is 1.76. The highest BCUT2D eigenvalue weighted by molar-refractivity contribution is 7.16. The van der Waals surface area contributed by atoms with Crippen molar-refractivity contribution in [2.75, 3.05) is 13.1 Å². The normalized spacial score (nSPS) is 13.0. The highest BCUT2D eigenvalue weighted by Gasteiger charge is 2.38. The Morgan fingerprint density at radius 1 is 1.22 bits per heavy atom. The number of imide groups is 1. The van der Waals surface area contributed by atoms with Crippen molar-refractivity contribution >= 4 is 46.3 Å². The number of likely N-dealkylation sites (N-methyl/N-ethyl adjacent to an activating group) is 1. The molecule has 1 aliphatic rings. The average Bonchev–Trinajstić information content (AvgIpc) is 3.15. The Hall–Kier alpha value is -2.78. The van der Waals surface area contributed by atoms with E-state index in [1.807, 2.05) is 6.07 Å². The zero-order valence-electron chi connectivity index (χ0n) is 14.2. The summed E-state index contributed by atoms with van der Waals surface area (Å²) in [5.41, 5.74) is -0.283. The van der Waals surface area contributed by atoms with Gasteiger partial charge in [0.2, 0.25) is 5.91 Å². The minimum atomic E-state index is -0.706. The van der Waals surface area contributed by atoms with Crippen LogP contribution in [0.25, 0.3) is 0 Å². The lowest BCUT2D eigenvalue weighted by atomic mass is 10.1. The van der Waals surface area contributed by atoms with E-state index in [2.05, 4.69) is 0 Å². The van der Waals surface area contributed by atoms with Crippen molar-refractivity contribution in [1.82, 2.24) is 9.80 Å². The molecule has 3 rings (SSSR count). The molecule has 0 unspecified atom stereocenters. The summed E-state index contributed by atoms with van der Waals surface area (Å²) < 4.78 is 0.607. The number of fused-ring (bicyclic) bond motifs is 1. The Bertz CT molecular complexity index is 958. The first-order valence-electron chi connectivity index (χ1n) is 7.98. The van der Waals surface area contributed by atoms with Crippen LogP contribution >= 0.6 is 22.9 Å². The number of thiophene rings is 1. The monoisotopic (exact) mass is 407 g/mol. The van der Waals surface area contributed by atoms with E-state index in [4.69, 9.17) is 11.6 Å². The molecular formula is C17H14ClN3O5S. The second kappa shape index (κ2) is 7.45. The van der Waals surface area contributed by atoms with Crippen LogP contribution in [-0.2, 0) is 11.3 Å². The van der Waals surface area contributed by atoms with Gasteiger partial charge < -0.3 is 4.90 Å². The van der Waals surface area contributed by atoms with Gasteiger partial charge in [-0.1, -0.05) is 11.6 Å². The lowest BCUT2D eigenvalue weighted by molar-refractivity contribution is -0.384. The molecule has 10 heteroatoms. The van der Waals surface area contributed by atoms with Crippen LogP contribution in [0.2, 0.25) is 4.34 Å². The molecule has 1 aromatic carbocycles. The van der Waals surface area contributed by atoms with Crippen molar-refractivity contribution in [3.05, 3.63) is 60.8 Å². The van der Waals surface area contributed by atoms with E-state index in [0.717, 1.165) is 21.9 Å². The average molecular weight is 408 g/mol. The van der Waals surface area contributed by atoms with Gasteiger partial charge in [-0.25, -0.2) is 0 Å². The zero-order valence-corrected chi connectivity index (χ0v) is 15.7. The standard InChI is InChI=1S/C17H14ClN3O5S/c1-2-19(8-11-4-6-14(18)27-11)15(22)9-20-16(23)12-5-3-10(21(25)26)7-13(12)17(20)24/h3-7H,2,8-9H2,1H3. The summed E-state index contributed by atoms with van der Waals surface area (Å²) in [5.74, 6) is -1.73. The number of amides is 3. The third kappa shape index (κ3) is 3.69. The lowest BCUT2D eigenvalue weighted by Gasteiger charge is -2.23. The maximum absolute atomic E-state index is 12.6. The molecule has 0 N–H and O–H groups in total. The second-order valence-corrected chi connectivity index (χ2v) is 7.60. The number of benzene rings is 1. The van der Waals surface area contributed by atoms with Gasteiger partial charge in [-0.2, -0.15) is 0 Å². The summed E-state index contributed by atoms with van der Waals surface area (Å²) in [5, 5.41) is 10.9. The smallest absolute Gasteiger partial charge is 0.270 e. The predicted molar refractivity (Wildman–Crippen MR) is 98.9 cm³/mol. The van der Waals surface area contributed by atoms with Gasteiger partial charge in [0.05, 0.1) is 26.9 Å². The van der Waals surface area contributed by atoms with Gasteiger partial charge in [-0.3, -0.25) is 29.4 Å². The predicted octanol–water partition coefficient (Wildman–Crippen LogP) is 2.95. The minimum Gasteiger partial charge on any atom is -0.336 e. The van der Waals surface area contributed by atoms with Crippen LogP contribution in [0.5, 0.6) is 0 Å². The van der Waals surface area contributed by atoms with Crippen LogP contribution in [0.3, 0.4) is 0 Å². The first-order chi connectivity index (χ1) is 12.8. The highest BCUT2D eigenvalue weighted by Crippen LogP contribution is 2.27. The molecule has 0 saturated carbocycles. The molecule has 140 valence electrons. The maximum atomic E-state index is 12.6. The summed E-state index contributed by atoms with van der Waals surface area (Å²) in [4.78, 5) is 51.0. The van der Waals surface area contributed by atoms with Crippen LogP contribution in [0.15, 0.2) is 30.3 Å². The van der Waals surface area contributed by atoms with Crippen LogP contribution < -0.4 is 0 Å². The summed E-state index contributed by atoms with van der Waals surface area (Å²) in [6.45, 7) is 2.08. The van der Waals surface area contributed by atoms with E-state index in [1.54, 1.807) is 13.0 Å². The molecule has 3 amide bonds. The SMILES string of the molecule is CCN(Cc1ccc(Cl)s1)C(=O)CN1C(=O)c2ccc([N+](=O)[O-])cc2C1=O. The molecule has 2 heterocycles. The second-order valence-electron chi connectivity index (χ2n) is 5.80. The number of halogens is 1. The van der Waals surface area contributed by atoms with Crippen molar-refractivity contribution in [3.8, 4) is 0 Å². The van der Waals surface area contributed by atoms with Crippen molar-refractivity contribution < 1.29 is 19.3 Å². The summed E-state index contributed by atoms with van der Waals surface area (Å²) in [6.07, 6.45) is 0. The van der Waals surface area contributed by atoms with Gasteiger partial charge >= 0.3 is 0 Å². The van der Waals surface area contributed by atoms with Crippen LogP contribution in [0, 0.1) is 10.1 Å². The Morgan fingerprint density at radius 3 is 2.52 bits per heavy atom. The van der Waals surface area contributed by atoms with E-state index >= 15 is 0 Å². The van der Waals surface area contributed by atoms with E-state index in [0.29, 0.717) is 17.4 Å². The molecule has 0 bridgehead atoms. The number of rotatable bonds is 6. The van der Waals surface area contributed by atoms with Crippen LogP contribution in [0.1, 0.15) is 32.5 Å². The third-order valence-electron chi connectivity index (χ3n) is 4.17. The molecule has 2 aromatic rings. The van der Waals surface area contributed by atoms with Gasteiger partial charge in [0.15, 0.2) is 0 Å². The van der Waals surface area contributed by atoms with Gasteiger partial charge in [0, 0.05) is 23.6 Å². The lowest BCUT2D eigenvalue weighted by Crippen LogP contribution is -2.42. The highest BCUT2D eigenvalue weighted by atomic mass is 35.5. The molecule has 0 fully saturated rings. The quantitative estimate of drug-likeness (QED) is 0.416. The molecule has 1 aliphatic heterocycles. The molecule has 0 atom stereocenters. The molecule has 0 saturated heterocycles. The summed E-state index contributed by atoms with van der Waals surface area (Å²) in [7, 11) is 0.